The van der Waals surface area contributed by atoms with Crippen LogP contribution >= 0.6 is 0 Å². The first kappa shape index (κ1) is 12.0. The van der Waals surface area contributed by atoms with Crippen LogP contribution in [0, 0.1) is 11.6 Å². The van der Waals surface area contributed by atoms with E-state index in [1.54, 1.807) is 12.1 Å². The van der Waals surface area contributed by atoms with Gasteiger partial charge in [-0.05, 0) is 12.1 Å². The predicted octanol–water partition coefficient (Wildman–Crippen LogP) is 2.32. The van der Waals surface area contributed by atoms with E-state index in [2.05, 4.69) is 10.3 Å². The molecule has 0 saturated heterocycles. The fourth-order valence-electron chi connectivity index (χ4n) is 1.40. The van der Waals surface area contributed by atoms with Crippen molar-refractivity contribution >= 4 is 11.7 Å². The highest BCUT2D eigenvalue weighted by Gasteiger charge is 2.18. The largest absolute Gasteiger partial charge is 0.507 e. The van der Waals surface area contributed by atoms with Gasteiger partial charge in [0.2, 0.25) is 0 Å². The maximum absolute atomic E-state index is 13.4. The Morgan fingerprint density at radius 1 is 1.28 bits per heavy atom. The molecule has 1 amide bonds. The van der Waals surface area contributed by atoms with E-state index in [1.807, 2.05) is 0 Å². The minimum Gasteiger partial charge on any atom is -0.507 e. The number of rotatable bonds is 2. The fourth-order valence-corrected chi connectivity index (χ4v) is 1.40. The van der Waals surface area contributed by atoms with Gasteiger partial charge in [0, 0.05) is 18.3 Å². The number of nitrogens with zero attached hydrogens (tertiary/aromatic N) is 1. The average Bonchev–Trinajstić information content (AvgIpc) is 2.28. The van der Waals surface area contributed by atoms with Gasteiger partial charge < -0.3 is 10.4 Å². The molecule has 92 valence electrons. The van der Waals surface area contributed by atoms with E-state index in [-0.39, 0.29) is 5.82 Å². The number of halogens is 2. The number of hydrogen-bond donors (Lipinski definition) is 2. The SMILES string of the molecule is O=C(Nc1ccccn1)c1c(O)cc(F)cc1F. The Kier molecular flexibility index (Phi) is 3.18. The number of hydrogen-bond acceptors (Lipinski definition) is 3. The van der Waals surface area contributed by atoms with E-state index in [0.29, 0.717) is 12.1 Å². The van der Waals surface area contributed by atoms with Crippen molar-refractivity contribution in [2.45, 2.75) is 0 Å². The minimum atomic E-state index is -1.14. The van der Waals surface area contributed by atoms with Gasteiger partial charge in [0.25, 0.3) is 5.91 Å². The molecule has 6 heteroatoms. The van der Waals surface area contributed by atoms with Crippen molar-refractivity contribution in [1.29, 1.82) is 0 Å². The first-order chi connectivity index (χ1) is 8.58. The predicted molar refractivity (Wildman–Crippen MR) is 60.2 cm³/mol. The molecule has 1 aromatic heterocycles. The molecule has 0 aliphatic carbocycles. The van der Waals surface area contributed by atoms with Gasteiger partial charge in [-0.1, -0.05) is 6.07 Å². The third kappa shape index (κ3) is 2.42. The van der Waals surface area contributed by atoms with Crippen molar-refractivity contribution in [2.75, 3.05) is 5.32 Å². The van der Waals surface area contributed by atoms with Crippen LogP contribution < -0.4 is 5.32 Å². The molecular formula is C12H8F2N2O2. The summed E-state index contributed by atoms with van der Waals surface area (Å²) in [4.78, 5) is 15.5. The van der Waals surface area contributed by atoms with Crippen LogP contribution in [-0.4, -0.2) is 16.0 Å². The highest BCUT2D eigenvalue weighted by molar-refractivity contribution is 6.05. The van der Waals surface area contributed by atoms with Crippen LogP contribution in [0.25, 0.3) is 0 Å². The van der Waals surface area contributed by atoms with E-state index >= 15 is 0 Å². The van der Waals surface area contributed by atoms with Gasteiger partial charge in [-0.3, -0.25) is 4.79 Å². The second kappa shape index (κ2) is 4.79. The van der Waals surface area contributed by atoms with Crippen LogP contribution in [0.1, 0.15) is 10.4 Å². The van der Waals surface area contributed by atoms with E-state index in [0.717, 1.165) is 0 Å². The molecular weight excluding hydrogens is 242 g/mol. The van der Waals surface area contributed by atoms with E-state index in [9.17, 15) is 18.7 Å². The van der Waals surface area contributed by atoms with Gasteiger partial charge >= 0.3 is 0 Å². The molecule has 2 rings (SSSR count). The Bertz CT molecular complexity index is 565. The molecule has 4 nitrogen and oxygen atoms in total. The maximum Gasteiger partial charge on any atom is 0.263 e. The summed E-state index contributed by atoms with van der Waals surface area (Å²) in [5.74, 6) is -3.56. The van der Waals surface area contributed by atoms with E-state index in [4.69, 9.17) is 0 Å². The average molecular weight is 250 g/mol. The topological polar surface area (TPSA) is 62.2 Å². The van der Waals surface area contributed by atoms with E-state index in [1.165, 1.54) is 12.3 Å². The molecule has 0 fully saturated rings. The number of anilines is 1. The molecule has 18 heavy (non-hydrogen) atoms. The third-order valence-corrected chi connectivity index (χ3v) is 2.17. The monoisotopic (exact) mass is 250 g/mol. The number of phenols is 1. The van der Waals surface area contributed by atoms with Crippen LogP contribution in [0.2, 0.25) is 0 Å². The van der Waals surface area contributed by atoms with Gasteiger partial charge in [0.1, 0.15) is 28.8 Å². The summed E-state index contributed by atoms with van der Waals surface area (Å²) in [6, 6.07) is 5.95. The lowest BCUT2D eigenvalue weighted by Crippen LogP contribution is -2.15. The molecule has 0 unspecified atom stereocenters. The van der Waals surface area contributed by atoms with E-state index < -0.39 is 28.9 Å². The maximum atomic E-state index is 13.4. The molecule has 0 aliphatic rings. The molecule has 0 bridgehead atoms. The molecule has 2 N–H and O–H groups in total. The van der Waals surface area contributed by atoms with Crippen LogP contribution in [0.3, 0.4) is 0 Å². The zero-order chi connectivity index (χ0) is 13.1. The summed E-state index contributed by atoms with van der Waals surface area (Å²) >= 11 is 0. The number of nitrogens with one attached hydrogen (secondary N) is 1. The minimum absolute atomic E-state index is 0.200. The summed E-state index contributed by atoms with van der Waals surface area (Å²) < 4.78 is 26.1. The molecule has 1 heterocycles. The second-order valence-electron chi connectivity index (χ2n) is 3.45. The molecule has 2 aromatic rings. The molecule has 0 aliphatic heterocycles. The number of carbonyl (C=O) groups excluding carboxylic acids is 1. The van der Waals surface area contributed by atoms with Crippen molar-refractivity contribution in [3.63, 3.8) is 0 Å². The van der Waals surface area contributed by atoms with Crippen LogP contribution in [-0.2, 0) is 0 Å². The summed E-state index contributed by atoms with van der Waals surface area (Å²) in [6.07, 6.45) is 1.44. The first-order valence-corrected chi connectivity index (χ1v) is 4.98. The van der Waals surface area contributed by atoms with Crippen molar-refractivity contribution in [3.05, 3.63) is 53.7 Å². The summed E-state index contributed by atoms with van der Waals surface area (Å²) in [7, 11) is 0. The van der Waals surface area contributed by atoms with Crippen molar-refractivity contribution in [3.8, 4) is 5.75 Å². The zero-order valence-corrected chi connectivity index (χ0v) is 9.02. The van der Waals surface area contributed by atoms with Gasteiger partial charge in [0.15, 0.2) is 0 Å². The third-order valence-electron chi connectivity index (χ3n) is 2.17. The van der Waals surface area contributed by atoms with Crippen LogP contribution in [0.4, 0.5) is 14.6 Å². The second-order valence-corrected chi connectivity index (χ2v) is 3.45. The Morgan fingerprint density at radius 2 is 2.06 bits per heavy atom. The quantitative estimate of drug-likeness (QED) is 0.859. The molecule has 0 atom stereocenters. The lowest BCUT2D eigenvalue weighted by Gasteiger charge is -2.07. The van der Waals surface area contributed by atoms with Crippen LogP contribution in [0.5, 0.6) is 5.75 Å². The Balaban J connectivity index is 2.30. The summed E-state index contributed by atoms with van der Waals surface area (Å²) in [6.45, 7) is 0. The number of carbonyl (C=O) groups is 1. The molecule has 1 aromatic carbocycles. The van der Waals surface area contributed by atoms with Crippen molar-refractivity contribution < 1.29 is 18.7 Å². The van der Waals surface area contributed by atoms with Crippen molar-refractivity contribution in [2.24, 2.45) is 0 Å². The number of benzene rings is 1. The van der Waals surface area contributed by atoms with Gasteiger partial charge in [0.05, 0.1) is 0 Å². The normalized spacial score (nSPS) is 10.1. The van der Waals surface area contributed by atoms with Gasteiger partial charge in [-0.15, -0.1) is 0 Å². The molecule has 0 radical (unpaired) electrons. The highest BCUT2D eigenvalue weighted by atomic mass is 19.1. The zero-order valence-electron chi connectivity index (χ0n) is 9.02. The fraction of sp³-hybridized carbons (Fsp3) is 0. The number of aromatic nitrogens is 1. The molecule has 0 saturated carbocycles. The lowest BCUT2D eigenvalue weighted by atomic mass is 10.1. The first-order valence-electron chi connectivity index (χ1n) is 4.98. The summed E-state index contributed by atoms with van der Waals surface area (Å²) in [5, 5.41) is 11.6. The molecule has 0 spiro atoms. The lowest BCUT2D eigenvalue weighted by molar-refractivity contribution is 0.102. The van der Waals surface area contributed by atoms with Gasteiger partial charge in [-0.25, -0.2) is 13.8 Å². The summed E-state index contributed by atoms with van der Waals surface area (Å²) in [5.41, 5.74) is -0.623. The number of amides is 1. The van der Waals surface area contributed by atoms with Gasteiger partial charge in [-0.2, -0.15) is 0 Å². The Morgan fingerprint density at radius 3 is 2.67 bits per heavy atom. The van der Waals surface area contributed by atoms with Crippen LogP contribution in [0.15, 0.2) is 36.5 Å². The van der Waals surface area contributed by atoms with Crippen molar-refractivity contribution in [1.82, 2.24) is 4.98 Å². The number of phenolic OH excluding ortho intramolecular Hbond substituents is 1. The Hall–Kier alpha value is -2.50. The number of aromatic hydroxyl groups is 1. The smallest absolute Gasteiger partial charge is 0.263 e. The number of pyridine rings is 1. The Labute approximate surface area is 101 Å². The standard InChI is InChI=1S/C12H8F2N2O2/c13-7-5-8(14)11(9(17)6-7)12(18)16-10-3-1-2-4-15-10/h1-6,17H,(H,15,16,18). The highest BCUT2D eigenvalue weighted by Crippen LogP contribution is 2.22.